The van der Waals surface area contributed by atoms with Gasteiger partial charge >= 0.3 is 0 Å². The van der Waals surface area contributed by atoms with Crippen molar-refractivity contribution in [3.8, 4) is 11.5 Å². The van der Waals surface area contributed by atoms with Gasteiger partial charge in [-0.25, -0.2) is 4.39 Å². The van der Waals surface area contributed by atoms with Crippen molar-refractivity contribution in [1.29, 1.82) is 0 Å². The first-order valence-corrected chi connectivity index (χ1v) is 4.69. The number of halogens is 1. The minimum absolute atomic E-state index is 0.155. The van der Waals surface area contributed by atoms with E-state index in [1.807, 2.05) is 0 Å². The van der Waals surface area contributed by atoms with E-state index in [2.05, 4.69) is 10.1 Å². The summed E-state index contributed by atoms with van der Waals surface area (Å²) < 4.78 is 18.0. The Labute approximate surface area is 91.1 Å². The number of aromatic nitrogens is 2. The summed E-state index contributed by atoms with van der Waals surface area (Å²) in [7, 11) is 0. The smallest absolute Gasteiger partial charge is 0.258 e. The number of hydrogen-bond acceptors (Lipinski definition) is 4. The van der Waals surface area contributed by atoms with Crippen molar-refractivity contribution in [2.75, 3.05) is 0 Å². The van der Waals surface area contributed by atoms with Gasteiger partial charge in [-0.15, -0.1) is 0 Å². The monoisotopic (exact) mass is 220 g/mol. The summed E-state index contributed by atoms with van der Waals surface area (Å²) in [4.78, 5) is 15.3. The molecule has 82 valence electrons. The Bertz CT molecular complexity index is 549. The topological polar surface area (TPSA) is 56.0 Å². The SMILES string of the molecule is CC(=O)c1ccc(F)cc1-c1nc(C)no1. The van der Waals surface area contributed by atoms with Gasteiger partial charge in [0, 0.05) is 5.56 Å². The zero-order valence-corrected chi connectivity index (χ0v) is 8.82. The van der Waals surface area contributed by atoms with Crippen molar-refractivity contribution in [3.05, 3.63) is 35.4 Å². The number of ketones is 1. The molecule has 0 spiro atoms. The molecule has 0 fully saturated rings. The third-order valence-corrected chi connectivity index (χ3v) is 2.12. The van der Waals surface area contributed by atoms with Crippen LogP contribution in [0.25, 0.3) is 11.5 Å². The van der Waals surface area contributed by atoms with Gasteiger partial charge in [-0.1, -0.05) is 5.16 Å². The highest BCUT2D eigenvalue weighted by atomic mass is 19.1. The van der Waals surface area contributed by atoms with Gasteiger partial charge in [0.15, 0.2) is 11.6 Å². The van der Waals surface area contributed by atoms with Crippen LogP contribution in [-0.4, -0.2) is 15.9 Å². The van der Waals surface area contributed by atoms with Crippen molar-refractivity contribution >= 4 is 5.78 Å². The van der Waals surface area contributed by atoms with Gasteiger partial charge in [-0.2, -0.15) is 4.98 Å². The Hall–Kier alpha value is -2.04. The largest absolute Gasteiger partial charge is 0.334 e. The van der Waals surface area contributed by atoms with E-state index >= 15 is 0 Å². The molecule has 2 rings (SSSR count). The van der Waals surface area contributed by atoms with Gasteiger partial charge in [0.05, 0.1) is 5.56 Å². The summed E-state index contributed by atoms with van der Waals surface area (Å²) in [5.41, 5.74) is 0.693. The molecule has 0 atom stereocenters. The van der Waals surface area contributed by atoms with Crippen molar-refractivity contribution in [2.45, 2.75) is 13.8 Å². The molecule has 16 heavy (non-hydrogen) atoms. The van der Waals surface area contributed by atoms with Crippen LogP contribution in [-0.2, 0) is 0 Å². The molecule has 0 radical (unpaired) electrons. The van der Waals surface area contributed by atoms with Crippen LogP contribution in [0.1, 0.15) is 23.1 Å². The molecule has 0 aliphatic heterocycles. The summed E-state index contributed by atoms with van der Waals surface area (Å²) in [6.45, 7) is 3.06. The Balaban J connectivity index is 2.62. The van der Waals surface area contributed by atoms with Crippen molar-refractivity contribution in [1.82, 2.24) is 10.1 Å². The zero-order valence-electron chi connectivity index (χ0n) is 8.82. The Morgan fingerprint density at radius 1 is 1.44 bits per heavy atom. The van der Waals surface area contributed by atoms with Crippen molar-refractivity contribution < 1.29 is 13.7 Å². The van der Waals surface area contributed by atoms with E-state index in [0.717, 1.165) is 0 Å². The molecule has 1 aromatic carbocycles. The fourth-order valence-electron chi connectivity index (χ4n) is 1.41. The second-order valence-electron chi connectivity index (χ2n) is 3.39. The molecule has 2 aromatic rings. The number of rotatable bonds is 2. The predicted octanol–water partition coefficient (Wildman–Crippen LogP) is 2.39. The minimum Gasteiger partial charge on any atom is -0.334 e. The first-order valence-electron chi connectivity index (χ1n) is 4.69. The van der Waals surface area contributed by atoms with Gasteiger partial charge in [0.1, 0.15) is 5.82 Å². The standard InChI is InChI=1S/C11H9FN2O2/c1-6(15)9-4-3-8(12)5-10(9)11-13-7(2)14-16-11/h3-5H,1-2H3. The molecular formula is C11H9FN2O2. The van der Waals surface area contributed by atoms with Crippen LogP contribution in [0, 0.1) is 12.7 Å². The molecule has 0 N–H and O–H groups in total. The first kappa shape index (κ1) is 10.5. The van der Waals surface area contributed by atoms with Crippen LogP contribution in [0.3, 0.4) is 0 Å². The predicted molar refractivity (Wildman–Crippen MR) is 54.4 cm³/mol. The highest BCUT2D eigenvalue weighted by Crippen LogP contribution is 2.23. The lowest BCUT2D eigenvalue weighted by Crippen LogP contribution is -1.97. The van der Waals surface area contributed by atoms with E-state index in [9.17, 15) is 9.18 Å². The Kier molecular flexibility index (Phi) is 2.52. The summed E-state index contributed by atoms with van der Waals surface area (Å²) in [6.07, 6.45) is 0. The molecule has 1 heterocycles. The second kappa shape index (κ2) is 3.84. The number of carbonyl (C=O) groups is 1. The van der Waals surface area contributed by atoms with Crippen LogP contribution in [0.4, 0.5) is 4.39 Å². The summed E-state index contributed by atoms with van der Waals surface area (Å²) >= 11 is 0. The van der Waals surface area contributed by atoms with Gasteiger partial charge < -0.3 is 4.52 Å². The average molecular weight is 220 g/mol. The molecule has 0 bridgehead atoms. The molecule has 0 saturated heterocycles. The maximum absolute atomic E-state index is 13.1. The van der Waals surface area contributed by atoms with Crippen LogP contribution < -0.4 is 0 Å². The van der Waals surface area contributed by atoms with E-state index in [4.69, 9.17) is 4.52 Å². The van der Waals surface area contributed by atoms with Crippen molar-refractivity contribution in [3.63, 3.8) is 0 Å². The number of Topliss-reactive ketones (excluding diaryl/α,β-unsaturated/α-hetero) is 1. The maximum atomic E-state index is 13.1. The number of benzene rings is 1. The fourth-order valence-corrected chi connectivity index (χ4v) is 1.41. The second-order valence-corrected chi connectivity index (χ2v) is 3.39. The third kappa shape index (κ3) is 1.84. The maximum Gasteiger partial charge on any atom is 0.258 e. The molecular weight excluding hydrogens is 211 g/mol. The van der Waals surface area contributed by atoms with Gasteiger partial charge in [0.2, 0.25) is 0 Å². The van der Waals surface area contributed by atoms with E-state index < -0.39 is 5.82 Å². The Morgan fingerprint density at radius 3 is 2.75 bits per heavy atom. The van der Waals surface area contributed by atoms with E-state index in [-0.39, 0.29) is 11.7 Å². The highest BCUT2D eigenvalue weighted by molar-refractivity contribution is 5.99. The zero-order chi connectivity index (χ0) is 11.7. The molecule has 0 amide bonds. The van der Waals surface area contributed by atoms with Gasteiger partial charge in [0.25, 0.3) is 5.89 Å². The average Bonchev–Trinajstić information content (AvgIpc) is 2.64. The summed E-state index contributed by atoms with van der Waals surface area (Å²) in [6, 6.07) is 3.85. The molecule has 0 aliphatic rings. The molecule has 0 aliphatic carbocycles. The normalized spacial score (nSPS) is 10.4. The fraction of sp³-hybridized carbons (Fsp3) is 0.182. The van der Waals surface area contributed by atoms with Crippen LogP contribution in [0.5, 0.6) is 0 Å². The number of hydrogen-bond donors (Lipinski definition) is 0. The van der Waals surface area contributed by atoms with Crippen LogP contribution in [0.15, 0.2) is 22.7 Å². The highest BCUT2D eigenvalue weighted by Gasteiger charge is 2.15. The Morgan fingerprint density at radius 2 is 2.19 bits per heavy atom. The lowest BCUT2D eigenvalue weighted by Gasteiger charge is -2.01. The van der Waals surface area contributed by atoms with Crippen LogP contribution in [0.2, 0.25) is 0 Å². The molecule has 4 nitrogen and oxygen atoms in total. The number of carbonyl (C=O) groups excluding carboxylic acids is 1. The third-order valence-electron chi connectivity index (χ3n) is 2.12. The molecule has 0 saturated carbocycles. The quantitative estimate of drug-likeness (QED) is 0.729. The molecule has 0 unspecified atom stereocenters. The lowest BCUT2D eigenvalue weighted by molar-refractivity contribution is 0.101. The molecule has 5 heteroatoms. The molecule has 1 aromatic heterocycles. The van der Waals surface area contributed by atoms with Gasteiger partial charge in [-0.3, -0.25) is 4.79 Å². The van der Waals surface area contributed by atoms with E-state index in [0.29, 0.717) is 17.0 Å². The number of aryl methyl sites for hydroxylation is 1. The van der Waals surface area contributed by atoms with Gasteiger partial charge in [-0.05, 0) is 32.0 Å². The van der Waals surface area contributed by atoms with E-state index in [1.165, 1.54) is 25.1 Å². The van der Waals surface area contributed by atoms with Crippen LogP contribution >= 0.6 is 0 Å². The first-order chi connectivity index (χ1) is 7.58. The number of nitrogens with zero attached hydrogens (tertiary/aromatic N) is 2. The van der Waals surface area contributed by atoms with Crippen molar-refractivity contribution in [2.24, 2.45) is 0 Å². The van der Waals surface area contributed by atoms with E-state index in [1.54, 1.807) is 6.92 Å². The summed E-state index contributed by atoms with van der Waals surface area (Å²) in [5, 5.41) is 3.60. The lowest BCUT2D eigenvalue weighted by atomic mass is 10.0. The minimum atomic E-state index is -0.448. The summed E-state index contributed by atoms with van der Waals surface area (Å²) in [5.74, 6) is -0.0299.